The van der Waals surface area contributed by atoms with Crippen LogP contribution in [0.3, 0.4) is 0 Å². The summed E-state index contributed by atoms with van der Waals surface area (Å²) in [6.45, 7) is 17.3. The maximum absolute atomic E-state index is 11.1. The van der Waals surface area contributed by atoms with Gasteiger partial charge in [0.15, 0.2) is 9.04 Å². The normalized spacial score (nSPS) is 13.8. The topological polar surface area (TPSA) is 54.0 Å². The molecule has 0 amide bonds. The molecular weight excluding hydrogens is 312 g/mol. The summed E-state index contributed by atoms with van der Waals surface area (Å²) in [6.07, 6.45) is 0. The highest BCUT2D eigenvalue weighted by Gasteiger charge is 2.43. The smallest absolute Gasteiger partial charge is 0.386 e. The second-order valence-corrected chi connectivity index (χ2v) is 18.9. The minimum absolute atomic E-state index is 0.304. The highest BCUT2D eigenvalue weighted by atomic mass is 28.5. The Bertz CT molecular complexity index is 317. The molecule has 0 atom stereocenters. The summed E-state index contributed by atoms with van der Waals surface area (Å²) in [5, 5.41) is 0. The van der Waals surface area contributed by atoms with Gasteiger partial charge in [0.05, 0.1) is 0 Å². The molecule has 0 spiro atoms. The van der Waals surface area contributed by atoms with Crippen LogP contribution in [0.25, 0.3) is 0 Å². The molecule has 1 radical (unpaired) electrons. The van der Waals surface area contributed by atoms with E-state index in [1.807, 2.05) is 39.3 Å². The third kappa shape index (κ3) is 9.71. The maximum Gasteiger partial charge on any atom is 0.386 e. The minimum atomic E-state index is -2.48. The molecule has 0 aliphatic heterocycles. The molecule has 0 aromatic rings. The van der Waals surface area contributed by atoms with Crippen LogP contribution >= 0.6 is 0 Å². The van der Waals surface area contributed by atoms with Crippen LogP contribution in [0.1, 0.15) is 6.92 Å². The van der Waals surface area contributed by atoms with Crippen molar-refractivity contribution in [2.75, 3.05) is 0 Å². The van der Waals surface area contributed by atoms with Gasteiger partial charge in [-0.25, -0.2) is 0 Å². The first-order valence-electron chi connectivity index (χ1n) is 6.34. The molecule has 0 unspecified atom stereocenters. The first kappa shape index (κ1) is 19.2. The quantitative estimate of drug-likeness (QED) is 0.667. The second kappa shape index (κ2) is 6.78. The van der Waals surface area contributed by atoms with E-state index in [9.17, 15) is 4.79 Å². The summed E-state index contributed by atoms with van der Waals surface area (Å²) in [6, 6.07) is 0. The van der Waals surface area contributed by atoms with E-state index in [1.54, 1.807) is 0 Å². The van der Waals surface area contributed by atoms with Crippen LogP contribution in [0.5, 0.6) is 0 Å². The van der Waals surface area contributed by atoms with Crippen molar-refractivity contribution >= 4 is 40.7 Å². The van der Waals surface area contributed by atoms with Crippen LogP contribution in [0.2, 0.25) is 52.4 Å². The molecular formula is C10H27O5Si4. The van der Waals surface area contributed by atoms with E-state index in [0.29, 0.717) is 0 Å². The standard InChI is InChI=1S/C10H27O5Si4/c1-10(11)12-17(4,5)14-19(8,9)15-18(6,7)13-16(2)3/h1-9H3. The van der Waals surface area contributed by atoms with Crippen LogP contribution < -0.4 is 0 Å². The van der Waals surface area contributed by atoms with Crippen LogP contribution in [-0.4, -0.2) is 40.7 Å². The fraction of sp³-hybridized carbons (Fsp3) is 0.900. The molecule has 9 heteroatoms. The predicted molar refractivity (Wildman–Crippen MR) is 84.9 cm³/mol. The number of carbonyl (C=O) groups excluding carboxylic acids is 1. The first-order chi connectivity index (χ1) is 8.25. The van der Waals surface area contributed by atoms with Crippen LogP contribution in [-0.2, 0) is 21.6 Å². The Hall–Kier alpha value is 0.218. The Morgan fingerprint density at radius 2 is 1.26 bits per heavy atom. The molecule has 0 heterocycles. The number of hydrogen-bond acceptors (Lipinski definition) is 5. The Labute approximate surface area is 122 Å². The first-order valence-corrected chi connectivity index (χ1v) is 17.2. The van der Waals surface area contributed by atoms with E-state index in [2.05, 4.69) is 13.1 Å². The SMILES string of the molecule is CC(=O)O[Si](C)(C)O[Si](C)(C)O[Si](C)(C)O[Si](C)C. The van der Waals surface area contributed by atoms with Crippen molar-refractivity contribution in [3.8, 4) is 0 Å². The van der Waals surface area contributed by atoms with Crippen molar-refractivity contribution in [1.29, 1.82) is 0 Å². The third-order valence-corrected chi connectivity index (χ3v) is 14.1. The fourth-order valence-corrected chi connectivity index (χ4v) is 17.4. The summed E-state index contributed by atoms with van der Waals surface area (Å²) in [5.74, 6) is -0.304. The van der Waals surface area contributed by atoms with Gasteiger partial charge in [0.2, 0.25) is 0 Å². The van der Waals surface area contributed by atoms with Gasteiger partial charge in [0, 0.05) is 6.92 Å². The minimum Gasteiger partial charge on any atom is -0.495 e. The third-order valence-electron chi connectivity index (χ3n) is 1.82. The number of rotatable bonds is 7. The van der Waals surface area contributed by atoms with Crippen molar-refractivity contribution in [3.05, 3.63) is 0 Å². The van der Waals surface area contributed by atoms with Crippen molar-refractivity contribution in [3.63, 3.8) is 0 Å². The van der Waals surface area contributed by atoms with E-state index in [1.165, 1.54) is 6.92 Å². The van der Waals surface area contributed by atoms with E-state index in [4.69, 9.17) is 16.8 Å². The van der Waals surface area contributed by atoms with Crippen molar-refractivity contribution in [2.24, 2.45) is 0 Å². The van der Waals surface area contributed by atoms with E-state index >= 15 is 0 Å². The fourth-order valence-electron chi connectivity index (χ4n) is 2.08. The lowest BCUT2D eigenvalue weighted by Gasteiger charge is -2.37. The van der Waals surface area contributed by atoms with Gasteiger partial charge in [-0.3, -0.25) is 4.79 Å². The largest absolute Gasteiger partial charge is 0.495 e. The molecule has 0 aliphatic rings. The highest BCUT2D eigenvalue weighted by molar-refractivity contribution is 6.86. The van der Waals surface area contributed by atoms with E-state index < -0.39 is 34.7 Å². The van der Waals surface area contributed by atoms with Gasteiger partial charge in [-0.05, 0) is 52.4 Å². The molecule has 113 valence electrons. The van der Waals surface area contributed by atoms with Gasteiger partial charge in [-0.1, -0.05) is 0 Å². The van der Waals surface area contributed by atoms with Gasteiger partial charge >= 0.3 is 25.7 Å². The van der Waals surface area contributed by atoms with E-state index in [0.717, 1.165) is 0 Å². The highest BCUT2D eigenvalue weighted by Crippen LogP contribution is 2.22. The van der Waals surface area contributed by atoms with Gasteiger partial charge in [0.1, 0.15) is 0 Å². The number of carbonyl (C=O) groups is 1. The van der Waals surface area contributed by atoms with Crippen molar-refractivity contribution in [1.82, 2.24) is 0 Å². The lowest BCUT2D eigenvalue weighted by molar-refractivity contribution is -0.133. The van der Waals surface area contributed by atoms with E-state index in [-0.39, 0.29) is 5.97 Å². The molecule has 0 saturated carbocycles. The lowest BCUT2D eigenvalue weighted by atomic mass is 10.9. The Balaban J connectivity index is 4.66. The summed E-state index contributed by atoms with van der Waals surface area (Å²) in [5.41, 5.74) is 0. The maximum atomic E-state index is 11.1. The summed E-state index contributed by atoms with van der Waals surface area (Å²) >= 11 is 0. The Morgan fingerprint density at radius 1 is 0.842 bits per heavy atom. The van der Waals surface area contributed by atoms with Gasteiger partial charge < -0.3 is 16.8 Å². The molecule has 0 aromatic carbocycles. The molecule has 0 saturated heterocycles. The summed E-state index contributed by atoms with van der Waals surface area (Å²) in [7, 11) is -7.82. The second-order valence-electron chi connectivity index (χ2n) is 6.01. The zero-order valence-corrected chi connectivity index (χ0v) is 17.5. The van der Waals surface area contributed by atoms with Crippen LogP contribution in [0.15, 0.2) is 0 Å². The summed E-state index contributed by atoms with van der Waals surface area (Å²) < 4.78 is 23.4. The molecule has 0 fully saturated rings. The molecule has 0 rings (SSSR count). The van der Waals surface area contributed by atoms with Gasteiger partial charge in [-0.2, -0.15) is 0 Å². The van der Waals surface area contributed by atoms with Gasteiger partial charge in [-0.15, -0.1) is 0 Å². The molecule has 0 N–H and O–H groups in total. The van der Waals surface area contributed by atoms with Crippen molar-refractivity contribution < 1.29 is 21.6 Å². The molecule has 0 aromatic heterocycles. The molecule has 0 bridgehead atoms. The Morgan fingerprint density at radius 3 is 1.63 bits per heavy atom. The molecule has 19 heavy (non-hydrogen) atoms. The average molecular weight is 340 g/mol. The van der Waals surface area contributed by atoms with Gasteiger partial charge in [0.25, 0.3) is 5.97 Å². The molecule has 5 nitrogen and oxygen atoms in total. The Kier molecular flexibility index (Phi) is 6.86. The number of hydrogen-bond donors (Lipinski definition) is 0. The van der Waals surface area contributed by atoms with Crippen LogP contribution in [0.4, 0.5) is 0 Å². The molecule has 0 aliphatic carbocycles. The zero-order chi connectivity index (χ0) is 15.5. The lowest BCUT2D eigenvalue weighted by Crippen LogP contribution is -2.55. The predicted octanol–water partition coefficient (Wildman–Crippen LogP) is 2.96. The summed E-state index contributed by atoms with van der Waals surface area (Å²) in [4.78, 5) is 11.1. The average Bonchev–Trinajstić information content (AvgIpc) is 1.89. The monoisotopic (exact) mass is 339 g/mol. The zero-order valence-electron chi connectivity index (χ0n) is 13.5. The van der Waals surface area contributed by atoms with Crippen molar-refractivity contribution in [2.45, 2.75) is 59.3 Å². The van der Waals surface area contributed by atoms with Crippen LogP contribution in [0, 0.1) is 0 Å².